The van der Waals surface area contributed by atoms with Crippen molar-refractivity contribution < 1.29 is 22.0 Å². The zero-order valence-corrected chi connectivity index (χ0v) is 18.1. The molecule has 2 heterocycles. The summed E-state index contributed by atoms with van der Waals surface area (Å²) in [5.41, 5.74) is 2.80. The molecular weight excluding hydrogens is 440 g/mol. The van der Waals surface area contributed by atoms with E-state index in [1.807, 2.05) is 24.3 Å². The molecule has 0 spiro atoms. The van der Waals surface area contributed by atoms with Crippen molar-refractivity contribution in [2.75, 3.05) is 5.32 Å². The molecule has 0 saturated heterocycles. The van der Waals surface area contributed by atoms with Crippen molar-refractivity contribution in [2.45, 2.75) is 10.6 Å². The maximum Gasteiger partial charge on any atom is 0.291 e. The van der Waals surface area contributed by atoms with E-state index < -0.39 is 15.7 Å². The van der Waals surface area contributed by atoms with Crippen LogP contribution in [0.1, 0.15) is 16.3 Å². The van der Waals surface area contributed by atoms with Crippen molar-refractivity contribution >= 4 is 32.5 Å². The van der Waals surface area contributed by atoms with E-state index in [9.17, 15) is 13.2 Å². The molecule has 7 nitrogen and oxygen atoms in total. The standard InChI is InChI=1S/C25H18N2O5S/c28-24(23-15-14-19(31-23)16-33(29,30)20-6-2-1-3-7-20)26-18-12-10-17(11-13-18)25-27-21-8-4-5-9-22(21)32-25/h1-15H,16H2,(H,26,28). The monoisotopic (exact) mass is 458 g/mol. The van der Waals surface area contributed by atoms with E-state index in [2.05, 4.69) is 10.3 Å². The van der Waals surface area contributed by atoms with Gasteiger partial charge in [-0.3, -0.25) is 4.79 Å². The van der Waals surface area contributed by atoms with Crippen molar-refractivity contribution in [1.82, 2.24) is 4.98 Å². The second-order valence-corrected chi connectivity index (χ2v) is 9.35. The zero-order valence-electron chi connectivity index (χ0n) is 17.3. The molecule has 3 aromatic carbocycles. The average molecular weight is 458 g/mol. The number of carbonyl (C=O) groups is 1. The van der Waals surface area contributed by atoms with Gasteiger partial charge in [0.15, 0.2) is 21.2 Å². The van der Waals surface area contributed by atoms with Crippen LogP contribution in [0.3, 0.4) is 0 Å². The third-order valence-corrected chi connectivity index (χ3v) is 6.66. The second kappa shape index (κ2) is 8.40. The molecule has 164 valence electrons. The van der Waals surface area contributed by atoms with Crippen molar-refractivity contribution in [3.05, 3.63) is 103 Å². The summed E-state index contributed by atoms with van der Waals surface area (Å²) in [6.07, 6.45) is 0. The molecule has 0 unspecified atom stereocenters. The molecule has 0 fully saturated rings. The maximum absolute atomic E-state index is 12.6. The predicted octanol–water partition coefficient (Wildman–Crippen LogP) is 5.31. The Kier molecular flexibility index (Phi) is 5.27. The Morgan fingerprint density at radius 1 is 0.818 bits per heavy atom. The van der Waals surface area contributed by atoms with Crippen molar-refractivity contribution in [3.8, 4) is 11.5 Å². The number of aromatic nitrogens is 1. The number of fused-ring (bicyclic) bond motifs is 1. The van der Waals surface area contributed by atoms with Crippen molar-refractivity contribution in [1.29, 1.82) is 0 Å². The van der Waals surface area contributed by atoms with Gasteiger partial charge in [-0.2, -0.15) is 0 Å². The SMILES string of the molecule is O=C(Nc1ccc(-c2nc3ccccc3o2)cc1)c1ccc(CS(=O)(=O)c2ccccc2)o1. The zero-order chi connectivity index (χ0) is 22.8. The van der Waals surface area contributed by atoms with Crippen molar-refractivity contribution in [2.24, 2.45) is 0 Å². The molecular formula is C25H18N2O5S. The molecule has 8 heteroatoms. The van der Waals surface area contributed by atoms with E-state index in [1.54, 1.807) is 42.5 Å². The Morgan fingerprint density at radius 2 is 1.55 bits per heavy atom. The Bertz CT molecular complexity index is 1500. The summed E-state index contributed by atoms with van der Waals surface area (Å²) in [5.74, 6) is -0.104. The molecule has 2 aromatic heterocycles. The van der Waals surface area contributed by atoms with Crippen LogP contribution >= 0.6 is 0 Å². The van der Waals surface area contributed by atoms with Gasteiger partial charge in [0.25, 0.3) is 5.91 Å². The van der Waals surface area contributed by atoms with Crippen LogP contribution in [0.15, 0.2) is 105 Å². The van der Waals surface area contributed by atoms with Crippen LogP contribution in [0.4, 0.5) is 5.69 Å². The van der Waals surface area contributed by atoms with Crippen molar-refractivity contribution in [3.63, 3.8) is 0 Å². The fourth-order valence-electron chi connectivity index (χ4n) is 3.36. The maximum atomic E-state index is 12.6. The lowest BCUT2D eigenvalue weighted by Gasteiger charge is -2.04. The number of oxazole rings is 1. The first-order valence-corrected chi connectivity index (χ1v) is 11.8. The molecule has 0 bridgehead atoms. The van der Waals surface area contributed by atoms with Gasteiger partial charge in [0, 0.05) is 11.3 Å². The third kappa shape index (κ3) is 4.42. The van der Waals surface area contributed by atoms with Gasteiger partial charge in [-0.15, -0.1) is 0 Å². The Morgan fingerprint density at radius 3 is 2.30 bits per heavy atom. The highest BCUT2D eigenvalue weighted by atomic mass is 32.2. The summed E-state index contributed by atoms with van der Waals surface area (Å²) >= 11 is 0. The van der Waals surface area contributed by atoms with Crippen LogP contribution in [-0.4, -0.2) is 19.3 Å². The van der Waals surface area contributed by atoms with Crippen LogP contribution in [0.2, 0.25) is 0 Å². The molecule has 5 rings (SSSR count). The summed E-state index contributed by atoms with van der Waals surface area (Å²) in [7, 11) is -3.57. The third-order valence-electron chi connectivity index (χ3n) is 5.00. The van der Waals surface area contributed by atoms with Crippen LogP contribution in [0.5, 0.6) is 0 Å². The van der Waals surface area contributed by atoms with E-state index in [0.717, 1.165) is 11.1 Å². The van der Waals surface area contributed by atoms with Gasteiger partial charge in [0.2, 0.25) is 5.89 Å². The number of hydrogen-bond donors (Lipinski definition) is 1. The normalized spacial score (nSPS) is 11.5. The quantitative estimate of drug-likeness (QED) is 0.370. The van der Waals surface area contributed by atoms with Gasteiger partial charge >= 0.3 is 0 Å². The topological polar surface area (TPSA) is 102 Å². The first-order chi connectivity index (χ1) is 16.0. The van der Waals surface area contributed by atoms with E-state index >= 15 is 0 Å². The van der Waals surface area contributed by atoms with Crippen LogP contribution in [0, 0.1) is 0 Å². The van der Waals surface area contributed by atoms with Crippen LogP contribution < -0.4 is 5.32 Å². The molecule has 0 aliphatic heterocycles. The molecule has 0 atom stereocenters. The molecule has 5 aromatic rings. The lowest BCUT2D eigenvalue weighted by molar-refractivity contribution is 0.0995. The number of benzene rings is 3. The van der Waals surface area contributed by atoms with Crippen LogP contribution in [-0.2, 0) is 15.6 Å². The highest BCUT2D eigenvalue weighted by Gasteiger charge is 2.19. The fourth-order valence-corrected chi connectivity index (χ4v) is 4.63. The molecule has 33 heavy (non-hydrogen) atoms. The number of amides is 1. The van der Waals surface area contributed by atoms with E-state index in [0.29, 0.717) is 17.2 Å². The minimum absolute atomic E-state index is 0.0243. The summed E-state index contributed by atoms with van der Waals surface area (Å²) in [6, 6.07) is 25.6. The highest BCUT2D eigenvalue weighted by Crippen LogP contribution is 2.25. The Hall–Kier alpha value is -4.17. The van der Waals surface area contributed by atoms with Gasteiger partial charge in [-0.1, -0.05) is 30.3 Å². The number of para-hydroxylation sites is 2. The van der Waals surface area contributed by atoms with Gasteiger partial charge in [-0.05, 0) is 60.7 Å². The summed E-state index contributed by atoms with van der Waals surface area (Å²) in [5, 5.41) is 2.74. The number of nitrogens with zero attached hydrogens (tertiary/aromatic N) is 1. The summed E-state index contributed by atoms with van der Waals surface area (Å²) in [6.45, 7) is 0. The first-order valence-electron chi connectivity index (χ1n) is 10.1. The van der Waals surface area contributed by atoms with E-state index in [-0.39, 0.29) is 22.2 Å². The first kappa shape index (κ1) is 20.7. The van der Waals surface area contributed by atoms with E-state index in [1.165, 1.54) is 24.3 Å². The largest absolute Gasteiger partial charge is 0.455 e. The van der Waals surface area contributed by atoms with Gasteiger partial charge < -0.3 is 14.2 Å². The van der Waals surface area contributed by atoms with Gasteiger partial charge in [0.05, 0.1) is 4.90 Å². The molecule has 1 N–H and O–H groups in total. The summed E-state index contributed by atoms with van der Waals surface area (Å²) in [4.78, 5) is 17.2. The second-order valence-electron chi connectivity index (χ2n) is 7.36. The minimum atomic E-state index is -3.57. The highest BCUT2D eigenvalue weighted by molar-refractivity contribution is 7.90. The minimum Gasteiger partial charge on any atom is -0.455 e. The molecule has 0 saturated carbocycles. The number of sulfone groups is 1. The number of anilines is 1. The predicted molar refractivity (Wildman–Crippen MR) is 123 cm³/mol. The van der Waals surface area contributed by atoms with Crippen LogP contribution in [0.25, 0.3) is 22.6 Å². The number of rotatable bonds is 6. The molecule has 0 aliphatic rings. The lowest BCUT2D eigenvalue weighted by atomic mass is 10.2. The Labute approximate surface area is 189 Å². The van der Waals surface area contributed by atoms with Gasteiger partial charge in [0.1, 0.15) is 17.0 Å². The van der Waals surface area contributed by atoms with E-state index in [4.69, 9.17) is 8.83 Å². The lowest BCUT2D eigenvalue weighted by Crippen LogP contribution is -2.10. The molecule has 0 aliphatic carbocycles. The average Bonchev–Trinajstić information content (AvgIpc) is 3.47. The molecule has 0 radical (unpaired) electrons. The fraction of sp³-hybridized carbons (Fsp3) is 0.0400. The smallest absolute Gasteiger partial charge is 0.291 e. The number of furan rings is 1. The molecule has 1 amide bonds. The summed E-state index contributed by atoms with van der Waals surface area (Å²) < 4.78 is 36.3. The Balaban J connectivity index is 1.27. The number of nitrogens with one attached hydrogen (secondary N) is 1. The van der Waals surface area contributed by atoms with Gasteiger partial charge in [-0.25, -0.2) is 13.4 Å². The number of hydrogen-bond acceptors (Lipinski definition) is 6. The number of carbonyl (C=O) groups excluding carboxylic acids is 1.